The minimum atomic E-state index is -3.59. The molecular weight excluding hydrogens is 268 g/mol. The van der Waals surface area contributed by atoms with Crippen LogP contribution in [0.3, 0.4) is 0 Å². The van der Waals surface area contributed by atoms with Gasteiger partial charge in [-0.3, -0.25) is 4.18 Å². The molecular formula is C13H18O5S. The monoisotopic (exact) mass is 286 g/mol. The molecule has 0 spiro atoms. The Kier molecular flexibility index (Phi) is 6.55. The third-order valence-corrected chi connectivity index (χ3v) is 3.39. The molecule has 1 atom stereocenters. The average Bonchev–Trinajstić information content (AvgIpc) is 2.36. The van der Waals surface area contributed by atoms with Crippen LogP contribution in [-0.2, 0) is 29.5 Å². The van der Waals surface area contributed by atoms with E-state index >= 15 is 0 Å². The molecule has 0 heterocycles. The lowest BCUT2D eigenvalue weighted by Gasteiger charge is -2.12. The van der Waals surface area contributed by atoms with Gasteiger partial charge in [0.05, 0.1) is 19.5 Å². The molecule has 0 radical (unpaired) electrons. The molecule has 0 saturated carbocycles. The summed E-state index contributed by atoms with van der Waals surface area (Å²) in [6.07, 6.45) is 0.787. The van der Waals surface area contributed by atoms with E-state index in [1.807, 2.05) is 6.07 Å². The van der Waals surface area contributed by atoms with Crippen LogP contribution < -0.4 is 0 Å². The van der Waals surface area contributed by atoms with Crippen molar-refractivity contribution in [2.24, 2.45) is 0 Å². The van der Waals surface area contributed by atoms with E-state index in [0.29, 0.717) is 5.56 Å². The first-order chi connectivity index (χ1) is 9.03. The van der Waals surface area contributed by atoms with Crippen molar-refractivity contribution in [3.05, 3.63) is 48.7 Å². The van der Waals surface area contributed by atoms with E-state index in [0.717, 1.165) is 0 Å². The molecule has 0 amide bonds. The summed E-state index contributed by atoms with van der Waals surface area (Å²) in [4.78, 5) is 0. The summed E-state index contributed by atoms with van der Waals surface area (Å²) < 4.78 is 38.2. The molecule has 106 valence electrons. The number of ether oxygens (including phenoxy) is 2. The van der Waals surface area contributed by atoms with Gasteiger partial charge in [0.2, 0.25) is 0 Å². The molecule has 1 rings (SSSR count). The van der Waals surface area contributed by atoms with Crippen molar-refractivity contribution >= 4 is 10.1 Å². The highest BCUT2D eigenvalue weighted by Gasteiger charge is 2.12. The smallest absolute Gasteiger partial charge is 0.271 e. The summed E-state index contributed by atoms with van der Waals surface area (Å²) in [6, 6.07) is 8.85. The summed E-state index contributed by atoms with van der Waals surface area (Å²) in [5.41, 5.74) is 0.687. The SMILES string of the molecule is C=COC(C)OCCOS(=O)(=O)Cc1ccccc1. The van der Waals surface area contributed by atoms with Crippen LogP contribution in [0, 0.1) is 0 Å². The Morgan fingerprint density at radius 3 is 2.58 bits per heavy atom. The normalized spacial score (nSPS) is 12.9. The quantitative estimate of drug-likeness (QED) is 0.301. The second-order valence-electron chi connectivity index (χ2n) is 3.75. The maximum absolute atomic E-state index is 11.6. The third kappa shape index (κ3) is 6.95. The van der Waals surface area contributed by atoms with Gasteiger partial charge in [0.1, 0.15) is 5.75 Å². The zero-order valence-electron chi connectivity index (χ0n) is 10.8. The molecule has 0 saturated heterocycles. The van der Waals surface area contributed by atoms with Gasteiger partial charge in [-0.05, 0) is 12.5 Å². The largest absolute Gasteiger partial charge is 0.473 e. The van der Waals surface area contributed by atoms with E-state index in [2.05, 4.69) is 6.58 Å². The molecule has 0 fully saturated rings. The van der Waals surface area contributed by atoms with Crippen LogP contribution in [0.2, 0.25) is 0 Å². The van der Waals surface area contributed by atoms with Gasteiger partial charge in [-0.2, -0.15) is 8.42 Å². The van der Waals surface area contributed by atoms with Crippen molar-refractivity contribution in [1.82, 2.24) is 0 Å². The van der Waals surface area contributed by atoms with Crippen molar-refractivity contribution < 1.29 is 22.1 Å². The first kappa shape index (κ1) is 15.7. The van der Waals surface area contributed by atoms with E-state index in [1.165, 1.54) is 6.26 Å². The lowest BCUT2D eigenvalue weighted by Crippen LogP contribution is -2.17. The number of rotatable bonds is 9. The molecule has 0 bridgehead atoms. The summed E-state index contributed by atoms with van der Waals surface area (Å²) in [5, 5.41) is 0. The minimum absolute atomic E-state index is 0.0417. The van der Waals surface area contributed by atoms with Gasteiger partial charge in [0, 0.05) is 0 Å². The standard InChI is InChI=1S/C13H18O5S/c1-3-16-12(2)17-9-10-18-19(14,15)11-13-7-5-4-6-8-13/h3-8,12H,1,9-11H2,2H3. The first-order valence-electron chi connectivity index (χ1n) is 5.82. The zero-order valence-corrected chi connectivity index (χ0v) is 11.6. The van der Waals surface area contributed by atoms with Crippen LogP contribution in [0.5, 0.6) is 0 Å². The maximum Gasteiger partial charge on any atom is 0.271 e. The Morgan fingerprint density at radius 1 is 1.26 bits per heavy atom. The fourth-order valence-electron chi connectivity index (χ4n) is 1.37. The van der Waals surface area contributed by atoms with Crippen LogP contribution in [0.4, 0.5) is 0 Å². The second kappa shape index (κ2) is 7.93. The first-order valence-corrected chi connectivity index (χ1v) is 7.40. The summed E-state index contributed by atoms with van der Waals surface area (Å²) in [7, 11) is -3.59. The van der Waals surface area contributed by atoms with Crippen LogP contribution in [0.25, 0.3) is 0 Å². The Labute approximate surface area is 113 Å². The van der Waals surface area contributed by atoms with E-state index < -0.39 is 16.4 Å². The Bertz CT molecular complexity index is 469. The van der Waals surface area contributed by atoms with Crippen LogP contribution in [0.1, 0.15) is 12.5 Å². The molecule has 6 heteroatoms. The lowest BCUT2D eigenvalue weighted by molar-refractivity contribution is -0.0980. The predicted octanol–water partition coefficient (Wildman–Crippen LogP) is 2.06. The molecule has 1 aromatic carbocycles. The predicted molar refractivity (Wildman–Crippen MR) is 71.7 cm³/mol. The molecule has 5 nitrogen and oxygen atoms in total. The molecule has 1 unspecified atom stereocenters. The molecule has 0 aliphatic rings. The van der Waals surface area contributed by atoms with E-state index in [4.69, 9.17) is 13.7 Å². The minimum Gasteiger partial charge on any atom is -0.473 e. The Hall–Kier alpha value is -1.37. The van der Waals surface area contributed by atoms with Gasteiger partial charge < -0.3 is 9.47 Å². The highest BCUT2D eigenvalue weighted by Crippen LogP contribution is 2.07. The van der Waals surface area contributed by atoms with Crippen LogP contribution in [-0.4, -0.2) is 27.9 Å². The van der Waals surface area contributed by atoms with Crippen LogP contribution in [0.15, 0.2) is 43.2 Å². The number of hydrogen-bond donors (Lipinski definition) is 0. The average molecular weight is 286 g/mol. The highest BCUT2D eigenvalue weighted by atomic mass is 32.2. The molecule has 19 heavy (non-hydrogen) atoms. The Morgan fingerprint density at radius 2 is 1.95 bits per heavy atom. The van der Waals surface area contributed by atoms with Gasteiger partial charge in [-0.25, -0.2) is 0 Å². The Balaban J connectivity index is 2.30. The van der Waals surface area contributed by atoms with Gasteiger partial charge in [0.15, 0.2) is 6.29 Å². The topological polar surface area (TPSA) is 61.8 Å². The summed E-state index contributed by atoms with van der Waals surface area (Å²) in [5.74, 6) is -0.146. The highest BCUT2D eigenvalue weighted by molar-refractivity contribution is 7.85. The molecule has 1 aromatic rings. The van der Waals surface area contributed by atoms with E-state index in [9.17, 15) is 8.42 Å². The lowest BCUT2D eigenvalue weighted by atomic mass is 10.2. The van der Waals surface area contributed by atoms with Crippen molar-refractivity contribution in [2.45, 2.75) is 19.0 Å². The van der Waals surface area contributed by atoms with E-state index in [1.54, 1.807) is 31.2 Å². The fraction of sp³-hybridized carbons (Fsp3) is 0.385. The number of hydrogen-bond acceptors (Lipinski definition) is 5. The maximum atomic E-state index is 11.6. The summed E-state index contributed by atoms with van der Waals surface area (Å²) in [6.45, 7) is 5.15. The van der Waals surface area contributed by atoms with Crippen molar-refractivity contribution in [3.63, 3.8) is 0 Å². The zero-order chi connectivity index (χ0) is 14.1. The second-order valence-corrected chi connectivity index (χ2v) is 5.39. The fourth-order valence-corrected chi connectivity index (χ4v) is 2.38. The van der Waals surface area contributed by atoms with Gasteiger partial charge in [0.25, 0.3) is 10.1 Å². The van der Waals surface area contributed by atoms with Gasteiger partial charge >= 0.3 is 0 Å². The molecule has 0 aliphatic heterocycles. The summed E-state index contributed by atoms with van der Waals surface area (Å²) >= 11 is 0. The van der Waals surface area contributed by atoms with Crippen molar-refractivity contribution in [1.29, 1.82) is 0 Å². The third-order valence-electron chi connectivity index (χ3n) is 2.17. The van der Waals surface area contributed by atoms with Crippen molar-refractivity contribution in [2.75, 3.05) is 13.2 Å². The molecule has 0 aliphatic carbocycles. The van der Waals surface area contributed by atoms with E-state index in [-0.39, 0.29) is 19.0 Å². The molecule has 0 N–H and O–H groups in total. The van der Waals surface area contributed by atoms with Crippen LogP contribution >= 0.6 is 0 Å². The van der Waals surface area contributed by atoms with Gasteiger partial charge in [-0.15, -0.1) is 0 Å². The van der Waals surface area contributed by atoms with Gasteiger partial charge in [-0.1, -0.05) is 36.9 Å². The van der Waals surface area contributed by atoms with Crippen molar-refractivity contribution in [3.8, 4) is 0 Å². The number of benzene rings is 1. The molecule has 0 aromatic heterocycles.